The average Bonchev–Trinajstić information content (AvgIpc) is 2.63. The molecule has 0 spiro atoms. The molecule has 0 atom stereocenters. The van der Waals surface area contributed by atoms with Crippen LogP contribution >= 0.6 is 0 Å². The summed E-state index contributed by atoms with van der Waals surface area (Å²) < 4.78 is 10.7. The number of ether oxygens (including phenoxy) is 2. The van der Waals surface area contributed by atoms with Crippen molar-refractivity contribution in [3.05, 3.63) is 53.6 Å². The number of nitrogens with one attached hydrogen (secondary N) is 2. The van der Waals surface area contributed by atoms with Gasteiger partial charge < -0.3 is 20.1 Å². The van der Waals surface area contributed by atoms with Crippen molar-refractivity contribution in [2.24, 2.45) is 0 Å². The van der Waals surface area contributed by atoms with E-state index in [1.807, 2.05) is 19.1 Å². The Labute approximate surface area is 147 Å². The predicted molar refractivity (Wildman–Crippen MR) is 96.3 cm³/mol. The Balaban J connectivity index is 2.08. The van der Waals surface area contributed by atoms with Gasteiger partial charge in [0.2, 0.25) is 5.91 Å². The van der Waals surface area contributed by atoms with E-state index >= 15 is 0 Å². The molecule has 0 heterocycles. The molecule has 2 amide bonds. The topological polar surface area (TPSA) is 76.7 Å². The lowest BCUT2D eigenvalue weighted by molar-refractivity contribution is -0.119. The summed E-state index contributed by atoms with van der Waals surface area (Å²) in [5, 5.41) is 5.40. The standard InChI is InChI=1S/C19H22N2O4/c1-4-25-17-12-14(7-10-16(17)24-3)19(23)21-15-8-5-13(6-9-15)11-18(22)20-2/h5-10,12H,4,11H2,1-3H3,(H,20,22)(H,21,23). The van der Waals surface area contributed by atoms with E-state index in [0.717, 1.165) is 5.56 Å². The minimum atomic E-state index is -0.248. The third-order valence-corrected chi connectivity index (χ3v) is 3.58. The lowest BCUT2D eigenvalue weighted by Crippen LogP contribution is -2.19. The van der Waals surface area contributed by atoms with Gasteiger partial charge in [0.15, 0.2) is 11.5 Å². The molecule has 0 aliphatic rings. The number of amides is 2. The van der Waals surface area contributed by atoms with E-state index in [1.54, 1.807) is 44.5 Å². The van der Waals surface area contributed by atoms with Crippen LogP contribution in [-0.2, 0) is 11.2 Å². The molecule has 132 valence electrons. The summed E-state index contributed by atoms with van der Waals surface area (Å²) in [5.41, 5.74) is 2.00. The lowest BCUT2D eigenvalue weighted by Gasteiger charge is -2.11. The molecule has 0 radical (unpaired) electrons. The zero-order valence-electron chi connectivity index (χ0n) is 14.6. The van der Waals surface area contributed by atoms with Gasteiger partial charge in [0.05, 0.1) is 20.1 Å². The Bertz CT molecular complexity index is 742. The van der Waals surface area contributed by atoms with E-state index in [0.29, 0.717) is 35.8 Å². The second-order valence-corrected chi connectivity index (χ2v) is 5.30. The fraction of sp³-hybridized carbons (Fsp3) is 0.263. The van der Waals surface area contributed by atoms with Crippen LogP contribution in [0.1, 0.15) is 22.8 Å². The van der Waals surface area contributed by atoms with Gasteiger partial charge in [-0.05, 0) is 42.8 Å². The molecule has 0 aliphatic heterocycles. The van der Waals surface area contributed by atoms with E-state index in [9.17, 15) is 9.59 Å². The van der Waals surface area contributed by atoms with Crippen LogP contribution in [-0.4, -0.2) is 32.6 Å². The maximum absolute atomic E-state index is 12.4. The van der Waals surface area contributed by atoms with Crippen LogP contribution in [0.4, 0.5) is 5.69 Å². The highest BCUT2D eigenvalue weighted by Gasteiger charge is 2.11. The molecule has 0 bridgehead atoms. The number of rotatable bonds is 7. The molecule has 0 fully saturated rings. The van der Waals surface area contributed by atoms with Crippen LogP contribution in [0.15, 0.2) is 42.5 Å². The highest BCUT2D eigenvalue weighted by Crippen LogP contribution is 2.28. The fourth-order valence-corrected chi connectivity index (χ4v) is 2.27. The van der Waals surface area contributed by atoms with Gasteiger partial charge in [-0.1, -0.05) is 12.1 Å². The molecule has 2 rings (SSSR count). The van der Waals surface area contributed by atoms with Crippen molar-refractivity contribution in [1.82, 2.24) is 5.32 Å². The van der Waals surface area contributed by atoms with Gasteiger partial charge in [-0.3, -0.25) is 9.59 Å². The van der Waals surface area contributed by atoms with Crippen molar-refractivity contribution in [3.63, 3.8) is 0 Å². The Kier molecular flexibility index (Phi) is 6.39. The maximum Gasteiger partial charge on any atom is 0.255 e. The Morgan fingerprint density at radius 2 is 1.76 bits per heavy atom. The summed E-state index contributed by atoms with van der Waals surface area (Å²) in [4.78, 5) is 23.8. The number of anilines is 1. The number of benzene rings is 2. The Morgan fingerprint density at radius 1 is 1.04 bits per heavy atom. The zero-order chi connectivity index (χ0) is 18.2. The van der Waals surface area contributed by atoms with Gasteiger partial charge >= 0.3 is 0 Å². The van der Waals surface area contributed by atoms with Gasteiger partial charge in [0, 0.05) is 18.3 Å². The molecule has 0 aromatic heterocycles. The normalized spacial score (nSPS) is 10.0. The summed E-state index contributed by atoms with van der Waals surface area (Å²) in [5.74, 6) is 0.802. The minimum absolute atomic E-state index is 0.0570. The average molecular weight is 342 g/mol. The molecule has 2 N–H and O–H groups in total. The number of methoxy groups -OCH3 is 1. The van der Waals surface area contributed by atoms with Gasteiger partial charge in [-0.2, -0.15) is 0 Å². The highest BCUT2D eigenvalue weighted by molar-refractivity contribution is 6.04. The molecule has 0 aliphatic carbocycles. The largest absolute Gasteiger partial charge is 0.493 e. The molecule has 6 heteroatoms. The molecule has 25 heavy (non-hydrogen) atoms. The number of likely N-dealkylation sites (N-methyl/N-ethyl adjacent to an activating group) is 1. The van der Waals surface area contributed by atoms with Crippen LogP contribution in [0.5, 0.6) is 11.5 Å². The molecule has 0 saturated heterocycles. The monoisotopic (exact) mass is 342 g/mol. The number of carbonyl (C=O) groups is 2. The predicted octanol–water partition coefficient (Wildman–Crippen LogP) is 2.63. The third kappa shape index (κ3) is 4.97. The number of carbonyl (C=O) groups excluding carboxylic acids is 2. The molecule has 2 aromatic rings. The SMILES string of the molecule is CCOc1cc(C(=O)Nc2ccc(CC(=O)NC)cc2)ccc1OC. The summed E-state index contributed by atoms with van der Waals surface area (Å²) >= 11 is 0. The smallest absolute Gasteiger partial charge is 0.255 e. The van der Waals surface area contributed by atoms with Gasteiger partial charge in [0.25, 0.3) is 5.91 Å². The van der Waals surface area contributed by atoms with Crippen molar-refractivity contribution in [3.8, 4) is 11.5 Å². The first-order valence-electron chi connectivity index (χ1n) is 7.99. The van der Waals surface area contributed by atoms with Crippen molar-refractivity contribution < 1.29 is 19.1 Å². The van der Waals surface area contributed by atoms with Crippen LogP contribution in [0.3, 0.4) is 0 Å². The molecule has 2 aromatic carbocycles. The van der Waals surface area contributed by atoms with Crippen LogP contribution in [0.2, 0.25) is 0 Å². The summed E-state index contributed by atoms with van der Waals surface area (Å²) in [6, 6.07) is 12.2. The van der Waals surface area contributed by atoms with E-state index in [1.165, 1.54) is 0 Å². The van der Waals surface area contributed by atoms with Crippen LogP contribution in [0.25, 0.3) is 0 Å². The first kappa shape index (κ1) is 18.3. The first-order chi connectivity index (χ1) is 12.1. The quantitative estimate of drug-likeness (QED) is 0.811. The Morgan fingerprint density at radius 3 is 2.36 bits per heavy atom. The summed E-state index contributed by atoms with van der Waals surface area (Å²) in [6.45, 7) is 2.35. The Hall–Kier alpha value is -3.02. The zero-order valence-corrected chi connectivity index (χ0v) is 14.6. The highest BCUT2D eigenvalue weighted by atomic mass is 16.5. The molecular weight excluding hydrogens is 320 g/mol. The van der Waals surface area contributed by atoms with E-state index in [-0.39, 0.29) is 11.8 Å². The summed E-state index contributed by atoms with van der Waals surface area (Å²) in [7, 11) is 3.15. The third-order valence-electron chi connectivity index (χ3n) is 3.58. The van der Waals surface area contributed by atoms with Crippen molar-refractivity contribution in [2.75, 3.05) is 26.1 Å². The lowest BCUT2D eigenvalue weighted by atomic mass is 10.1. The number of hydrogen-bond donors (Lipinski definition) is 2. The van der Waals surface area contributed by atoms with Gasteiger partial charge in [-0.15, -0.1) is 0 Å². The van der Waals surface area contributed by atoms with Crippen molar-refractivity contribution in [1.29, 1.82) is 0 Å². The van der Waals surface area contributed by atoms with E-state index in [4.69, 9.17) is 9.47 Å². The van der Waals surface area contributed by atoms with Gasteiger partial charge in [0.1, 0.15) is 0 Å². The maximum atomic E-state index is 12.4. The second kappa shape index (κ2) is 8.73. The van der Waals surface area contributed by atoms with Gasteiger partial charge in [-0.25, -0.2) is 0 Å². The second-order valence-electron chi connectivity index (χ2n) is 5.30. The van der Waals surface area contributed by atoms with Crippen LogP contribution in [0, 0.1) is 0 Å². The van der Waals surface area contributed by atoms with Crippen LogP contribution < -0.4 is 20.1 Å². The van der Waals surface area contributed by atoms with Crippen molar-refractivity contribution in [2.45, 2.75) is 13.3 Å². The first-order valence-corrected chi connectivity index (χ1v) is 7.99. The van der Waals surface area contributed by atoms with E-state index in [2.05, 4.69) is 10.6 Å². The molecule has 6 nitrogen and oxygen atoms in total. The van der Waals surface area contributed by atoms with E-state index < -0.39 is 0 Å². The fourth-order valence-electron chi connectivity index (χ4n) is 2.27. The minimum Gasteiger partial charge on any atom is -0.493 e. The molecular formula is C19H22N2O4. The molecule has 0 unspecified atom stereocenters. The molecule has 0 saturated carbocycles. The van der Waals surface area contributed by atoms with Crippen molar-refractivity contribution >= 4 is 17.5 Å². The number of hydrogen-bond acceptors (Lipinski definition) is 4. The summed E-state index contributed by atoms with van der Waals surface area (Å²) in [6.07, 6.45) is 0.306.